The molecule has 0 unspecified atom stereocenters. The molecule has 1 aliphatic carbocycles. The molecule has 3 rings (SSSR count). The molecule has 120 valence electrons. The van der Waals surface area contributed by atoms with Gasteiger partial charge in [-0.3, -0.25) is 15.2 Å². The second-order valence-corrected chi connectivity index (χ2v) is 5.50. The molecule has 2 N–H and O–H groups in total. The fourth-order valence-electron chi connectivity index (χ4n) is 2.75. The average Bonchev–Trinajstić information content (AvgIpc) is 2.54. The third-order valence-electron chi connectivity index (χ3n) is 3.88. The highest BCUT2D eigenvalue weighted by Gasteiger charge is 2.48. The minimum Gasteiger partial charge on any atom is -0.285 e. The normalized spacial score (nSPS) is 23.1. The molecule has 2 aromatic heterocycles. The molecule has 0 bridgehead atoms. The van der Waals surface area contributed by atoms with Crippen LogP contribution in [0, 0.1) is 5.82 Å². The van der Waals surface area contributed by atoms with Gasteiger partial charge in [-0.25, -0.2) is 24.2 Å². The number of pyridine rings is 1. The summed E-state index contributed by atoms with van der Waals surface area (Å²) in [6.45, 7) is 0.167. The van der Waals surface area contributed by atoms with E-state index in [1.165, 1.54) is 30.7 Å². The van der Waals surface area contributed by atoms with Crippen LogP contribution in [0.3, 0.4) is 0 Å². The molecule has 0 spiro atoms. The highest BCUT2D eigenvalue weighted by Crippen LogP contribution is 2.44. The quantitative estimate of drug-likeness (QED) is 0.813. The fraction of sp³-hybridized carbons (Fsp3) is 0.333. The van der Waals surface area contributed by atoms with Gasteiger partial charge in [0.1, 0.15) is 12.0 Å². The van der Waals surface area contributed by atoms with Crippen molar-refractivity contribution in [2.24, 2.45) is 0 Å². The lowest BCUT2D eigenvalue weighted by Gasteiger charge is -2.43. The van der Waals surface area contributed by atoms with Crippen molar-refractivity contribution in [1.82, 2.24) is 25.8 Å². The van der Waals surface area contributed by atoms with Crippen LogP contribution in [-0.4, -0.2) is 33.6 Å². The van der Waals surface area contributed by atoms with E-state index in [9.17, 15) is 13.6 Å². The molecule has 2 heterocycles. The minimum atomic E-state index is -0.994. The molecule has 0 aliphatic heterocycles. The first-order valence-corrected chi connectivity index (χ1v) is 7.16. The summed E-state index contributed by atoms with van der Waals surface area (Å²) in [4.78, 5) is 23.5. The van der Waals surface area contributed by atoms with Gasteiger partial charge >= 0.3 is 5.91 Å². The van der Waals surface area contributed by atoms with Crippen LogP contribution >= 0.6 is 0 Å². The number of hydrogen-bond acceptors (Lipinski definition) is 5. The maximum absolute atomic E-state index is 14.0. The molecule has 0 radical (unpaired) electrons. The number of amides is 1. The van der Waals surface area contributed by atoms with Crippen molar-refractivity contribution in [3.63, 3.8) is 0 Å². The van der Waals surface area contributed by atoms with E-state index in [0.717, 1.165) is 0 Å². The maximum atomic E-state index is 14.0. The standard InChI is InChI=1S/C15H15F2N5O/c16-10-7-15(8-10,12-11(17)3-1-4-18-12)9-21-22-14(23)13-19-5-2-6-20-13/h1-6,10,21H,7-9H2,(H,22,23). The number of nitrogens with one attached hydrogen (secondary N) is 2. The Morgan fingerprint density at radius 2 is 1.91 bits per heavy atom. The van der Waals surface area contributed by atoms with E-state index >= 15 is 0 Å². The second-order valence-electron chi connectivity index (χ2n) is 5.50. The Bertz CT molecular complexity index is 691. The van der Waals surface area contributed by atoms with Crippen molar-refractivity contribution in [3.8, 4) is 0 Å². The van der Waals surface area contributed by atoms with Crippen molar-refractivity contribution in [2.75, 3.05) is 6.54 Å². The summed E-state index contributed by atoms with van der Waals surface area (Å²) in [7, 11) is 0. The Labute approximate surface area is 131 Å². The van der Waals surface area contributed by atoms with Crippen LogP contribution in [0.4, 0.5) is 8.78 Å². The molecule has 1 aliphatic rings. The van der Waals surface area contributed by atoms with Crippen molar-refractivity contribution in [1.29, 1.82) is 0 Å². The third kappa shape index (κ3) is 3.16. The Hall–Kier alpha value is -2.48. The topological polar surface area (TPSA) is 79.8 Å². The Morgan fingerprint density at radius 3 is 2.57 bits per heavy atom. The first-order valence-electron chi connectivity index (χ1n) is 7.16. The first-order chi connectivity index (χ1) is 11.1. The van der Waals surface area contributed by atoms with Gasteiger partial charge in [0, 0.05) is 30.6 Å². The molecule has 1 saturated carbocycles. The summed E-state index contributed by atoms with van der Waals surface area (Å²) in [5.74, 6) is -0.979. The first kappa shape index (κ1) is 15.4. The smallest absolute Gasteiger partial charge is 0.285 e. The van der Waals surface area contributed by atoms with E-state index in [1.54, 1.807) is 6.07 Å². The van der Waals surface area contributed by atoms with Crippen LogP contribution in [0.5, 0.6) is 0 Å². The van der Waals surface area contributed by atoms with Gasteiger partial charge in [0.25, 0.3) is 0 Å². The van der Waals surface area contributed by atoms with Gasteiger partial charge in [0.05, 0.1) is 5.69 Å². The largest absolute Gasteiger partial charge is 0.303 e. The monoisotopic (exact) mass is 319 g/mol. The SMILES string of the molecule is O=C(NNCC1(c2ncccc2F)CC(F)C1)c1ncccn1. The van der Waals surface area contributed by atoms with Crippen LogP contribution in [0.15, 0.2) is 36.8 Å². The predicted molar refractivity (Wildman–Crippen MR) is 77.5 cm³/mol. The zero-order chi connectivity index (χ0) is 16.3. The van der Waals surface area contributed by atoms with Crippen LogP contribution < -0.4 is 10.9 Å². The average molecular weight is 319 g/mol. The molecule has 8 heteroatoms. The highest BCUT2D eigenvalue weighted by atomic mass is 19.1. The van der Waals surface area contributed by atoms with Gasteiger partial charge in [0.15, 0.2) is 0 Å². The zero-order valence-electron chi connectivity index (χ0n) is 12.2. The Balaban J connectivity index is 1.65. The lowest BCUT2D eigenvalue weighted by atomic mass is 9.65. The van der Waals surface area contributed by atoms with Gasteiger partial charge in [-0.15, -0.1) is 0 Å². The summed E-state index contributed by atoms with van der Waals surface area (Å²) in [5, 5.41) is 0. The minimum absolute atomic E-state index is 0.00930. The van der Waals surface area contributed by atoms with Gasteiger partial charge < -0.3 is 0 Å². The van der Waals surface area contributed by atoms with Crippen molar-refractivity contribution >= 4 is 5.91 Å². The summed E-state index contributed by atoms with van der Waals surface area (Å²) < 4.78 is 27.4. The van der Waals surface area contributed by atoms with Crippen molar-refractivity contribution in [3.05, 3.63) is 54.1 Å². The van der Waals surface area contributed by atoms with E-state index in [-0.39, 0.29) is 30.9 Å². The molecule has 0 atom stereocenters. The van der Waals surface area contributed by atoms with Gasteiger partial charge in [-0.1, -0.05) is 0 Å². The van der Waals surface area contributed by atoms with Crippen LogP contribution in [0.25, 0.3) is 0 Å². The van der Waals surface area contributed by atoms with E-state index < -0.39 is 23.3 Å². The lowest BCUT2D eigenvalue weighted by Crippen LogP contribution is -2.54. The number of hydrazine groups is 1. The molecular formula is C15H15F2N5O. The molecule has 1 amide bonds. The molecule has 0 aromatic carbocycles. The van der Waals surface area contributed by atoms with Crippen LogP contribution in [-0.2, 0) is 5.41 Å². The Morgan fingerprint density at radius 1 is 1.22 bits per heavy atom. The number of rotatable bonds is 5. The molecular weight excluding hydrogens is 304 g/mol. The number of halogens is 2. The van der Waals surface area contributed by atoms with Crippen molar-refractivity contribution in [2.45, 2.75) is 24.4 Å². The van der Waals surface area contributed by atoms with Gasteiger partial charge in [0.2, 0.25) is 5.82 Å². The molecule has 0 saturated heterocycles. The van der Waals surface area contributed by atoms with E-state index in [4.69, 9.17) is 0 Å². The second kappa shape index (κ2) is 6.33. The number of alkyl halides is 1. The van der Waals surface area contributed by atoms with Crippen molar-refractivity contribution < 1.29 is 13.6 Å². The summed E-state index contributed by atoms with van der Waals surface area (Å²) in [6, 6.07) is 4.38. The molecule has 23 heavy (non-hydrogen) atoms. The number of hydrogen-bond donors (Lipinski definition) is 2. The Kier molecular flexibility index (Phi) is 4.24. The molecule has 1 fully saturated rings. The lowest BCUT2D eigenvalue weighted by molar-refractivity contribution is 0.0768. The molecule has 2 aromatic rings. The summed E-state index contributed by atoms with van der Waals surface area (Å²) in [6.07, 6.45) is 3.70. The number of nitrogens with zero attached hydrogens (tertiary/aromatic N) is 3. The fourth-order valence-corrected chi connectivity index (χ4v) is 2.75. The van der Waals surface area contributed by atoms with Gasteiger partial charge in [-0.05, 0) is 31.0 Å². The number of aromatic nitrogens is 3. The zero-order valence-corrected chi connectivity index (χ0v) is 12.2. The number of carbonyl (C=O) groups excluding carboxylic acids is 1. The van der Waals surface area contributed by atoms with E-state index in [1.807, 2.05) is 0 Å². The maximum Gasteiger partial charge on any atom is 0.303 e. The molecule has 6 nitrogen and oxygen atoms in total. The van der Waals surface area contributed by atoms with Crippen LogP contribution in [0.2, 0.25) is 0 Å². The highest BCUT2D eigenvalue weighted by molar-refractivity contribution is 5.89. The summed E-state index contributed by atoms with van der Waals surface area (Å²) >= 11 is 0. The predicted octanol–water partition coefficient (Wildman–Crippen LogP) is 1.31. The van der Waals surface area contributed by atoms with E-state index in [2.05, 4.69) is 25.8 Å². The summed E-state index contributed by atoms with van der Waals surface area (Å²) in [5.41, 5.74) is 4.61. The van der Waals surface area contributed by atoms with Crippen LogP contribution in [0.1, 0.15) is 29.2 Å². The van der Waals surface area contributed by atoms with E-state index in [0.29, 0.717) is 0 Å². The third-order valence-corrected chi connectivity index (χ3v) is 3.88. The number of carbonyl (C=O) groups is 1. The van der Waals surface area contributed by atoms with Gasteiger partial charge in [-0.2, -0.15) is 0 Å².